The second-order valence-electron chi connectivity index (χ2n) is 7.08. The van der Waals surface area contributed by atoms with Gasteiger partial charge in [-0.3, -0.25) is 14.6 Å². The van der Waals surface area contributed by atoms with Gasteiger partial charge in [-0.25, -0.2) is 5.43 Å². The fraction of sp³-hybridized carbons (Fsp3) is 0.217. The first-order chi connectivity index (χ1) is 15.1. The van der Waals surface area contributed by atoms with E-state index in [9.17, 15) is 9.59 Å². The average molecular weight is 418 g/mol. The number of fused-ring (bicyclic) bond motifs is 1. The van der Waals surface area contributed by atoms with Crippen LogP contribution in [0.2, 0.25) is 0 Å². The average Bonchev–Trinajstić information content (AvgIpc) is 3.15. The maximum absolute atomic E-state index is 12.9. The van der Waals surface area contributed by atoms with Gasteiger partial charge < -0.3 is 14.5 Å². The molecule has 2 N–H and O–H groups in total. The van der Waals surface area contributed by atoms with Crippen molar-refractivity contribution in [1.29, 1.82) is 0 Å². The Morgan fingerprint density at radius 2 is 1.90 bits per heavy atom. The number of nitrogens with zero attached hydrogens (tertiary/aromatic N) is 2. The molecule has 4 rings (SSSR count). The van der Waals surface area contributed by atoms with Gasteiger partial charge in [0.15, 0.2) is 5.76 Å². The second kappa shape index (κ2) is 8.83. The highest BCUT2D eigenvalue weighted by molar-refractivity contribution is 6.09. The van der Waals surface area contributed by atoms with E-state index in [4.69, 9.17) is 9.15 Å². The number of carbonyl (C=O) groups excluding carboxylic acids is 2. The molecule has 0 unspecified atom stereocenters. The molecule has 0 fully saturated rings. The van der Waals surface area contributed by atoms with Gasteiger partial charge in [-0.2, -0.15) is 5.10 Å². The van der Waals surface area contributed by atoms with Crippen molar-refractivity contribution in [1.82, 2.24) is 10.4 Å². The number of benzene rings is 1. The smallest absolute Gasteiger partial charge is 0.291 e. The third-order valence-corrected chi connectivity index (χ3v) is 5.08. The van der Waals surface area contributed by atoms with E-state index >= 15 is 0 Å². The lowest BCUT2D eigenvalue weighted by molar-refractivity contribution is 0.0948. The van der Waals surface area contributed by atoms with Crippen molar-refractivity contribution in [3.05, 3.63) is 77.0 Å². The molecule has 8 heteroatoms. The van der Waals surface area contributed by atoms with Gasteiger partial charge in [0.25, 0.3) is 11.8 Å². The summed E-state index contributed by atoms with van der Waals surface area (Å²) in [5.74, 6) is 0.717. The summed E-state index contributed by atoms with van der Waals surface area (Å²) in [6.07, 6.45) is 3.73. The molecule has 2 amide bonds. The van der Waals surface area contributed by atoms with Crippen LogP contribution < -0.4 is 15.5 Å². The highest BCUT2D eigenvalue weighted by atomic mass is 16.5. The summed E-state index contributed by atoms with van der Waals surface area (Å²) >= 11 is 0. The zero-order chi connectivity index (χ0) is 21.8. The Hall–Kier alpha value is -3.94. The fourth-order valence-electron chi connectivity index (χ4n) is 3.60. The summed E-state index contributed by atoms with van der Waals surface area (Å²) in [7, 11) is 1.55. The first-order valence-electron chi connectivity index (χ1n) is 9.93. The number of anilines is 1. The number of hydrogen-bond acceptors (Lipinski definition) is 6. The first-order valence-corrected chi connectivity index (χ1v) is 9.93. The van der Waals surface area contributed by atoms with Crippen LogP contribution in [0.15, 0.2) is 58.2 Å². The van der Waals surface area contributed by atoms with Gasteiger partial charge >= 0.3 is 0 Å². The Kier molecular flexibility index (Phi) is 5.79. The molecule has 1 aliphatic rings. The van der Waals surface area contributed by atoms with Crippen LogP contribution in [-0.2, 0) is 6.42 Å². The van der Waals surface area contributed by atoms with Crippen LogP contribution in [0.25, 0.3) is 0 Å². The number of furan rings is 1. The Morgan fingerprint density at radius 3 is 2.68 bits per heavy atom. The van der Waals surface area contributed by atoms with Gasteiger partial charge in [-0.15, -0.1) is 0 Å². The minimum absolute atomic E-state index is 0.224. The number of amides is 2. The van der Waals surface area contributed by atoms with Crippen LogP contribution in [-0.4, -0.2) is 29.6 Å². The van der Waals surface area contributed by atoms with E-state index in [1.54, 1.807) is 43.6 Å². The summed E-state index contributed by atoms with van der Waals surface area (Å²) in [5, 5.41) is 7.15. The van der Waals surface area contributed by atoms with Crippen LogP contribution in [0.1, 0.15) is 50.8 Å². The number of aromatic nitrogens is 1. The highest BCUT2D eigenvalue weighted by Gasteiger charge is 2.28. The number of aryl methyl sites for hydroxylation is 1. The van der Waals surface area contributed by atoms with Gasteiger partial charge in [0.05, 0.1) is 18.5 Å². The molecule has 158 valence electrons. The van der Waals surface area contributed by atoms with E-state index in [-0.39, 0.29) is 17.4 Å². The maximum atomic E-state index is 12.9. The molecule has 2 heterocycles. The van der Waals surface area contributed by atoms with Gasteiger partial charge in [-0.1, -0.05) is 18.2 Å². The molecule has 1 aromatic carbocycles. The number of methoxy groups -OCH3 is 1. The molecule has 8 nitrogen and oxygen atoms in total. The van der Waals surface area contributed by atoms with E-state index < -0.39 is 5.91 Å². The van der Waals surface area contributed by atoms with Crippen molar-refractivity contribution in [3.63, 3.8) is 0 Å². The van der Waals surface area contributed by atoms with E-state index in [2.05, 4.69) is 20.8 Å². The third kappa shape index (κ3) is 4.18. The van der Waals surface area contributed by atoms with Crippen LogP contribution in [0.5, 0.6) is 5.75 Å². The summed E-state index contributed by atoms with van der Waals surface area (Å²) < 4.78 is 11.2. The first kappa shape index (κ1) is 20.3. The van der Waals surface area contributed by atoms with Crippen LogP contribution in [0.4, 0.5) is 5.69 Å². The zero-order valence-corrected chi connectivity index (χ0v) is 17.3. The number of carbonyl (C=O) groups is 2. The molecule has 31 heavy (non-hydrogen) atoms. The molecule has 0 saturated carbocycles. The largest absolute Gasteiger partial charge is 0.495 e. The monoisotopic (exact) mass is 418 g/mol. The summed E-state index contributed by atoms with van der Waals surface area (Å²) in [4.78, 5) is 29.2. The van der Waals surface area contributed by atoms with E-state index in [1.807, 2.05) is 19.1 Å². The van der Waals surface area contributed by atoms with Crippen molar-refractivity contribution < 1.29 is 18.7 Å². The molecule has 0 atom stereocenters. The van der Waals surface area contributed by atoms with Crippen LogP contribution >= 0.6 is 0 Å². The minimum Gasteiger partial charge on any atom is -0.495 e. The molecule has 0 bridgehead atoms. The Morgan fingerprint density at radius 1 is 1.10 bits per heavy atom. The van der Waals surface area contributed by atoms with Gasteiger partial charge in [-0.05, 0) is 44.0 Å². The summed E-state index contributed by atoms with van der Waals surface area (Å²) in [6, 6.07) is 12.3. The van der Waals surface area contributed by atoms with Crippen LogP contribution in [0, 0.1) is 6.92 Å². The zero-order valence-electron chi connectivity index (χ0n) is 17.3. The Balaban J connectivity index is 1.58. The van der Waals surface area contributed by atoms with E-state index in [0.29, 0.717) is 41.3 Å². The molecule has 1 aliphatic carbocycles. The van der Waals surface area contributed by atoms with Crippen molar-refractivity contribution in [3.8, 4) is 5.75 Å². The molecule has 2 aromatic heterocycles. The molecule has 0 saturated heterocycles. The molecular weight excluding hydrogens is 396 g/mol. The number of ether oxygens (including phenoxy) is 1. The standard InChI is InChI=1S/C23H22N4O4/c1-14-20-16(26-27-22(28)17-9-5-6-13-24-17)10-7-12-19(20)31-21(14)23(29)25-15-8-3-4-11-18(15)30-2/h3-6,8-9,11,13H,7,10,12H2,1-2H3,(H,25,29)(H,27,28)/b26-16+. The predicted molar refractivity (Wildman–Crippen MR) is 116 cm³/mol. The summed E-state index contributed by atoms with van der Waals surface area (Å²) in [6.45, 7) is 1.82. The summed E-state index contributed by atoms with van der Waals surface area (Å²) in [5.41, 5.74) is 5.54. The molecular formula is C23H22N4O4. The number of para-hydroxylation sites is 2. The molecule has 0 spiro atoms. The second-order valence-corrected chi connectivity index (χ2v) is 7.08. The SMILES string of the molecule is COc1ccccc1NC(=O)c1oc2c(c1C)/C(=N/NC(=O)c1ccccn1)CCC2. The van der Waals surface area contributed by atoms with Crippen molar-refractivity contribution >= 4 is 23.2 Å². The van der Waals surface area contributed by atoms with Crippen molar-refractivity contribution in [2.75, 3.05) is 12.4 Å². The molecule has 3 aromatic rings. The number of hydrogen-bond donors (Lipinski definition) is 2. The lowest BCUT2D eigenvalue weighted by Crippen LogP contribution is -2.22. The van der Waals surface area contributed by atoms with Gasteiger partial charge in [0.2, 0.25) is 0 Å². The fourth-order valence-corrected chi connectivity index (χ4v) is 3.60. The van der Waals surface area contributed by atoms with Crippen LogP contribution in [0.3, 0.4) is 0 Å². The lowest BCUT2D eigenvalue weighted by Gasteiger charge is -2.13. The Bertz CT molecular complexity index is 1150. The molecule has 0 aliphatic heterocycles. The van der Waals surface area contributed by atoms with Crippen molar-refractivity contribution in [2.24, 2.45) is 5.10 Å². The normalized spacial score (nSPS) is 14.1. The minimum atomic E-state index is -0.393. The quantitative estimate of drug-likeness (QED) is 0.615. The number of rotatable bonds is 5. The topological polar surface area (TPSA) is 106 Å². The predicted octanol–water partition coefficient (Wildman–Crippen LogP) is 3.71. The number of pyridine rings is 1. The number of hydrazone groups is 1. The Labute approximate surface area is 179 Å². The van der Waals surface area contributed by atoms with Gasteiger partial charge in [0, 0.05) is 23.7 Å². The lowest BCUT2D eigenvalue weighted by atomic mass is 9.93. The molecule has 0 radical (unpaired) electrons. The third-order valence-electron chi connectivity index (χ3n) is 5.08. The van der Waals surface area contributed by atoms with Crippen molar-refractivity contribution in [2.45, 2.75) is 26.2 Å². The highest BCUT2D eigenvalue weighted by Crippen LogP contribution is 2.31. The van der Waals surface area contributed by atoms with E-state index in [0.717, 1.165) is 12.0 Å². The number of nitrogens with one attached hydrogen (secondary N) is 2. The maximum Gasteiger partial charge on any atom is 0.291 e. The van der Waals surface area contributed by atoms with Gasteiger partial charge in [0.1, 0.15) is 17.2 Å². The van der Waals surface area contributed by atoms with E-state index in [1.165, 1.54) is 0 Å².